The van der Waals surface area contributed by atoms with Gasteiger partial charge in [0.25, 0.3) is 0 Å². The molecule has 1 saturated heterocycles. The lowest BCUT2D eigenvalue weighted by molar-refractivity contribution is -0.144. The van der Waals surface area contributed by atoms with Gasteiger partial charge in [0.15, 0.2) is 0 Å². The second-order valence-corrected chi connectivity index (χ2v) is 6.78. The van der Waals surface area contributed by atoms with E-state index in [1.165, 1.54) is 0 Å². The average Bonchev–Trinajstić information content (AvgIpc) is 2.73. The number of rotatable bonds is 4. The summed E-state index contributed by atoms with van der Waals surface area (Å²) in [5.41, 5.74) is -0.668. The van der Waals surface area contributed by atoms with Crippen molar-refractivity contribution >= 4 is 17.7 Å². The summed E-state index contributed by atoms with van der Waals surface area (Å²) in [4.78, 5) is 10.9. The van der Waals surface area contributed by atoms with Crippen molar-refractivity contribution in [1.29, 1.82) is 0 Å². The molecule has 5 heteroatoms. The molecule has 2 N–H and O–H groups in total. The second kappa shape index (κ2) is 5.80. The van der Waals surface area contributed by atoms with Gasteiger partial charge in [-0.15, -0.1) is 0 Å². The zero-order valence-corrected chi connectivity index (χ0v) is 11.6. The second-order valence-electron chi connectivity index (χ2n) is 5.55. The van der Waals surface area contributed by atoms with Gasteiger partial charge < -0.3 is 14.9 Å². The van der Waals surface area contributed by atoms with Crippen LogP contribution in [0.15, 0.2) is 0 Å². The quantitative estimate of drug-likeness (QED) is 0.819. The molecule has 2 fully saturated rings. The maximum absolute atomic E-state index is 10.9. The van der Waals surface area contributed by atoms with Gasteiger partial charge in [-0.1, -0.05) is 0 Å². The number of thioether (sulfide) groups is 1. The van der Waals surface area contributed by atoms with E-state index in [4.69, 9.17) is 9.84 Å². The van der Waals surface area contributed by atoms with Crippen molar-refractivity contribution in [2.75, 3.05) is 12.4 Å². The highest BCUT2D eigenvalue weighted by atomic mass is 32.2. The first-order chi connectivity index (χ1) is 8.50. The first-order valence-corrected chi connectivity index (χ1v) is 7.73. The minimum atomic E-state index is -0.720. The molecule has 0 aromatic carbocycles. The van der Waals surface area contributed by atoms with Crippen LogP contribution in [0.25, 0.3) is 0 Å². The standard InChI is InChI=1S/C13H22O4S/c1-9-11(4-7-17-9)18-8-13(16)5-2-10(3-6-13)12(14)15/h9-11,16H,2-8H2,1H3,(H,14,15). The smallest absolute Gasteiger partial charge is 0.306 e. The molecule has 18 heavy (non-hydrogen) atoms. The van der Waals surface area contributed by atoms with Gasteiger partial charge in [0.2, 0.25) is 0 Å². The fourth-order valence-electron chi connectivity index (χ4n) is 2.74. The molecule has 2 unspecified atom stereocenters. The largest absolute Gasteiger partial charge is 0.481 e. The lowest BCUT2D eigenvalue weighted by Crippen LogP contribution is -2.39. The van der Waals surface area contributed by atoms with E-state index in [-0.39, 0.29) is 12.0 Å². The molecule has 2 aliphatic rings. The fourth-order valence-corrected chi connectivity index (χ4v) is 4.17. The van der Waals surface area contributed by atoms with Gasteiger partial charge >= 0.3 is 5.97 Å². The molecule has 104 valence electrons. The van der Waals surface area contributed by atoms with E-state index in [0.717, 1.165) is 13.0 Å². The van der Waals surface area contributed by atoms with E-state index in [9.17, 15) is 9.90 Å². The van der Waals surface area contributed by atoms with Gasteiger partial charge in [0.1, 0.15) is 0 Å². The van der Waals surface area contributed by atoms with Gasteiger partial charge in [-0.3, -0.25) is 4.79 Å². The highest BCUT2D eigenvalue weighted by Crippen LogP contribution is 2.37. The third-order valence-corrected chi connectivity index (χ3v) is 5.89. The molecular formula is C13H22O4S. The van der Waals surface area contributed by atoms with Crippen LogP contribution in [0.5, 0.6) is 0 Å². The van der Waals surface area contributed by atoms with Crippen molar-refractivity contribution in [2.24, 2.45) is 5.92 Å². The molecule has 1 aliphatic heterocycles. The highest BCUT2D eigenvalue weighted by molar-refractivity contribution is 8.00. The van der Waals surface area contributed by atoms with E-state index < -0.39 is 11.6 Å². The lowest BCUT2D eigenvalue weighted by atomic mass is 9.80. The van der Waals surface area contributed by atoms with E-state index in [2.05, 4.69) is 6.92 Å². The molecule has 0 aromatic heterocycles. The lowest BCUT2D eigenvalue weighted by Gasteiger charge is -2.35. The van der Waals surface area contributed by atoms with E-state index >= 15 is 0 Å². The van der Waals surface area contributed by atoms with Crippen LogP contribution < -0.4 is 0 Å². The number of aliphatic carboxylic acids is 1. The van der Waals surface area contributed by atoms with Crippen LogP contribution in [0.1, 0.15) is 39.0 Å². The summed E-state index contributed by atoms with van der Waals surface area (Å²) in [6, 6.07) is 0. The molecule has 0 radical (unpaired) electrons. The number of carbonyl (C=O) groups is 1. The van der Waals surface area contributed by atoms with Crippen LogP contribution in [0, 0.1) is 5.92 Å². The molecule has 1 saturated carbocycles. The van der Waals surface area contributed by atoms with Gasteiger partial charge in [-0.25, -0.2) is 0 Å². The predicted octanol–water partition coefficient (Wildman–Crippen LogP) is 1.90. The van der Waals surface area contributed by atoms with Crippen molar-refractivity contribution in [3.63, 3.8) is 0 Å². The summed E-state index contributed by atoms with van der Waals surface area (Å²) in [6.45, 7) is 2.90. The minimum Gasteiger partial charge on any atom is -0.481 e. The monoisotopic (exact) mass is 274 g/mol. The summed E-state index contributed by atoms with van der Waals surface area (Å²) >= 11 is 1.78. The van der Waals surface area contributed by atoms with E-state index in [0.29, 0.717) is 36.7 Å². The first-order valence-electron chi connectivity index (χ1n) is 6.68. The maximum atomic E-state index is 10.9. The molecule has 2 rings (SSSR count). The molecular weight excluding hydrogens is 252 g/mol. The third-order valence-electron chi connectivity index (χ3n) is 4.14. The summed E-state index contributed by atoms with van der Waals surface area (Å²) in [5, 5.41) is 19.9. The number of hydrogen-bond donors (Lipinski definition) is 2. The highest BCUT2D eigenvalue weighted by Gasteiger charge is 2.37. The topological polar surface area (TPSA) is 66.8 Å². The Bertz CT molecular complexity index is 299. The molecule has 0 amide bonds. The Kier molecular flexibility index (Phi) is 4.56. The zero-order valence-electron chi connectivity index (χ0n) is 10.8. The molecule has 1 aliphatic carbocycles. The normalized spacial score (nSPS) is 40.9. The summed E-state index contributed by atoms with van der Waals surface area (Å²) in [5.74, 6) is -0.274. The summed E-state index contributed by atoms with van der Waals surface area (Å²) in [7, 11) is 0. The van der Waals surface area contributed by atoms with Crippen LogP contribution in [0.4, 0.5) is 0 Å². The Balaban J connectivity index is 1.77. The van der Waals surface area contributed by atoms with Crippen molar-refractivity contribution in [1.82, 2.24) is 0 Å². The Hall–Kier alpha value is -0.260. The minimum absolute atomic E-state index is 0.260. The van der Waals surface area contributed by atoms with Crippen molar-refractivity contribution in [3.05, 3.63) is 0 Å². The third kappa shape index (κ3) is 3.39. The number of aliphatic hydroxyl groups is 1. The van der Waals surface area contributed by atoms with Crippen LogP contribution in [-0.4, -0.2) is 45.5 Å². The Labute approximate surface area is 112 Å². The number of hydrogen-bond acceptors (Lipinski definition) is 4. The summed E-state index contributed by atoms with van der Waals surface area (Å²) < 4.78 is 5.51. The van der Waals surface area contributed by atoms with Crippen molar-refractivity contribution < 1.29 is 19.7 Å². The predicted molar refractivity (Wildman–Crippen MR) is 70.8 cm³/mol. The molecule has 4 nitrogen and oxygen atoms in total. The Morgan fingerprint density at radius 3 is 2.56 bits per heavy atom. The Morgan fingerprint density at radius 2 is 2.06 bits per heavy atom. The van der Waals surface area contributed by atoms with Crippen molar-refractivity contribution in [3.8, 4) is 0 Å². The van der Waals surface area contributed by atoms with Gasteiger partial charge in [0.05, 0.1) is 17.6 Å². The molecule has 0 spiro atoms. The van der Waals surface area contributed by atoms with Gasteiger partial charge in [-0.05, 0) is 39.0 Å². The number of ether oxygens (including phenoxy) is 1. The van der Waals surface area contributed by atoms with E-state index in [1.807, 2.05) is 0 Å². The van der Waals surface area contributed by atoms with Gasteiger partial charge in [0, 0.05) is 17.6 Å². The Morgan fingerprint density at radius 1 is 1.39 bits per heavy atom. The van der Waals surface area contributed by atoms with Crippen LogP contribution in [0.2, 0.25) is 0 Å². The summed E-state index contributed by atoms with van der Waals surface area (Å²) in [6.07, 6.45) is 3.75. The van der Waals surface area contributed by atoms with Crippen LogP contribution in [0.3, 0.4) is 0 Å². The zero-order chi connectivity index (χ0) is 13.2. The fraction of sp³-hybridized carbons (Fsp3) is 0.923. The molecule has 2 atom stereocenters. The molecule has 1 heterocycles. The van der Waals surface area contributed by atoms with Gasteiger partial charge in [-0.2, -0.15) is 11.8 Å². The first kappa shape index (κ1) is 14.2. The van der Waals surface area contributed by atoms with Crippen LogP contribution in [-0.2, 0) is 9.53 Å². The average molecular weight is 274 g/mol. The number of carboxylic acids is 1. The molecule has 0 bridgehead atoms. The van der Waals surface area contributed by atoms with Crippen LogP contribution >= 0.6 is 11.8 Å². The number of carboxylic acid groups (broad SMARTS) is 1. The molecule has 0 aromatic rings. The maximum Gasteiger partial charge on any atom is 0.306 e. The van der Waals surface area contributed by atoms with E-state index in [1.54, 1.807) is 11.8 Å². The van der Waals surface area contributed by atoms with Crippen molar-refractivity contribution in [2.45, 2.75) is 56.0 Å². The SMILES string of the molecule is CC1OCCC1SCC1(O)CCC(C(=O)O)CC1.